The Morgan fingerprint density at radius 1 is 1.57 bits per heavy atom. The molecule has 4 heteroatoms. The van der Waals surface area contributed by atoms with Crippen molar-refractivity contribution in [1.29, 1.82) is 0 Å². The summed E-state index contributed by atoms with van der Waals surface area (Å²) in [6.45, 7) is 0. The molecule has 0 spiro atoms. The highest BCUT2D eigenvalue weighted by atomic mass is 79.9. The van der Waals surface area contributed by atoms with Gasteiger partial charge in [0.2, 0.25) is 0 Å². The number of methoxy groups -OCH3 is 1. The number of allylic oxidation sites excluding steroid dienone is 1. The van der Waals surface area contributed by atoms with Crippen LogP contribution in [0, 0.1) is 0 Å². The van der Waals surface area contributed by atoms with Crippen molar-refractivity contribution in [2.24, 2.45) is 0 Å². The summed E-state index contributed by atoms with van der Waals surface area (Å²) < 4.78 is 5.79. The number of ether oxygens (including phenoxy) is 1. The molecule has 2 nitrogen and oxygen atoms in total. The van der Waals surface area contributed by atoms with Crippen LogP contribution in [0.1, 0.15) is 5.56 Å². The fraction of sp³-hybridized carbons (Fsp3) is 0.200. The van der Waals surface area contributed by atoms with E-state index in [1.54, 1.807) is 12.1 Å². The fourth-order valence-electron chi connectivity index (χ4n) is 1.02. The third-order valence-electron chi connectivity index (χ3n) is 1.68. The molecule has 14 heavy (non-hydrogen) atoms. The average Bonchev–Trinajstić information content (AvgIpc) is 2.17. The van der Waals surface area contributed by atoms with Gasteiger partial charge in [0.15, 0.2) is 11.5 Å². The van der Waals surface area contributed by atoms with Gasteiger partial charge >= 0.3 is 0 Å². The van der Waals surface area contributed by atoms with Crippen molar-refractivity contribution in [3.63, 3.8) is 0 Å². The van der Waals surface area contributed by atoms with E-state index in [0.717, 1.165) is 10.0 Å². The van der Waals surface area contributed by atoms with Crippen LogP contribution in [0.25, 0.3) is 6.08 Å². The van der Waals surface area contributed by atoms with Crippen LogP contribution in [0.3, 0.4) is 0 Å². The number of benzene rings is 1. The number of halogens is 2. The predicted molar refractivity (Wildman–Crippen MR) is 62.1 cm³/mol. The third-order valence-corrected chi connectivity index (χ3v) is 2.55. The first-order chi connectivity index (χ1) is 6.69. The summed E-state index contributed by atoms with van der Waals surface area (Å²) >= 11 is 8.86. The molecule has 0 heterocycles. The molecule has 76 valence electrons. The lowest BCUT2D eigenvalue weighted by atomic mass is 10.2. The topological polar surface area (TPSA) is 29.5 Å². The van der Waals surface area contributed by atoms with Crippen LogP contribution >= 0.6 is 27.5 Å². The second-order valence-corrected chi connectivity index (χ2v) is 3.77. The van der Waals surface area contributed by atoms with Gasteiger partial charge in [-0.1, -0.05) is 28.1 Å². The van der Waals surface area contributed by atoms with Crippen LogP contribution < -0.4 is 4.74 Å². The van der Waals surface area contributed by atoms with E-state index in [-0.39, 0.29) is 5.75 Å². The monoisotopic (exact) mass is 276 g/mol. The SMILES string of the molecule is COc1cc(C=CCCl)c(Br)cc1O. The molecule has 0 aromatic heterocycles. The molecule has 0 saturated heterocycles. The minimum atomic E-state index is 0.113. The van der Waals surface area contributed by atoms with Crippen LogP contribution in [0.5, 0.6) is 11.5 Å². The normalized spacial score (nSPS) is 10.8. The Balaban J connectivity index is 3.10. The quantitative estimate of drug-likeness (QED) is 0.858. The van der Waals surface area contributed by atoms with Crippen molar-refractivity contribution in [1.82, 2.24) is 0 Å². The van der Waals surface area contributed by atoms with Crippen molar-refractivity contribution in [2.45, 2.75) is 0 Å². The van der Waals surface area contributed by atoms with Crippen LogP contribution in [-0.4, -0.2) is 18.1 Å². The molecule has 0 saturated carbocycles. The summed E-state index contributed by atoms with van der Waals surface area (Å²) in [5.74, 6) is 1.01. The number of alkyl halides is 1. The smallest absolute Gasteiger partial charge is 0.161 e. The fourth-order valence-corrected chi connectivity index (χ4v) is 1.57. The Labute approximate surface area is 96.3 Å². The Morgan fingerprint density at radius 2 is 2.29 bits per heavy atom. The van der Waals surface area contributed by atoms with Gasteiger partial charge in [0.25, 0.3) is 0 Å². The number of hydrogen-bond acceptors (Lipinski definition) is 2. The van der Waals surface area contributed by atoms with Gasteiger partial charge in [-0.3, -0.25) is 0 Å². The molecule has 0 atom stereocenters. The van der Waals surface area contributed by atoms with Crippen molar-refractivity contribution in [3.8, 4) is 11.5 Å². The second-order valence-electron chi connectivity index (χ2n) is 2.60. The third kappa shape index (κ3) is 2.66. The molecule has 1 rings (SSSR count). The zero-order chi connectivity index (χ0) is 10.6. The van der Waals surface area contributed by atoms with Gasteiger partial charge < -0.3 is 9.84 Å². The minimum Gasteiger partial charge on any atom is -0.504 e. The lowest BCUT2D eigenvalue weighted by Gasteiger charge is -2.06. The van der Waals surface area contributed by atoms with Gasteiger partial charge in [0, 0.05) is 10.4 Å². The second kappa shape index (κ2) is 5.27. The predicted octanol–water partition coefficient (Wildman–Crippen LogP) is 3.42. The zero-order valence-corrected chi connectivity index (χ0v) is 9.97. The molecule has 0 aliphatic rings. The van der Waals surface area contributed by atoms with Gasteiger partial charge in [-0.25, -0.2) is 0 Å². The number of phenolic OH excluding ortho intramolecular Hbond substituents is 1. The molecular weight excluding hydrogens is 267 g/mol. The summed E-state index contributed by atoms with van der Waals surface area (Å²) in [7, 11) is 1.51. The summed E-state index contributed by atoms with van der Waals surface area (Å²) in [6.07, 6.45) is 3.68. The lowest BCUT2D eigenvalue weighted by molar-refractivity contribution is 0.373. The molecule has 0 radical (unpaired) electrons. The van der Waals surface area contributed by atoms with Crippen molar-refractivity contribution < 1.29 is 9.84 Å². The first-order valence-corrected chi connectivity index (χ1v) is 5.30. The van der Waals surface area contributed by atoms with Crippen LogP contribution in [0.2, 0.25) is 0 Å². The Kier molecular flexibility index (Phi) is 4.29. The molecule has 1 N–H and O–H groups in total. The number of hydrogen-bond donors (Lipinski definition) is 1. The van der Waals surface area contributed by atoms with E-state index in [9.17, 15) is 5.11 Å². The molecular formula is C10H10BrClO2. The molecule has 1 aromatic rings. The van der Waals surface area contributed by atoms with E-state index in [4.69, 9.17) is 16.3 Å². The van der Waals surface area contributed by atoms with Gasteiger partial charge in [-0.05, 0) is 17.7 Å². The highest BCUT2D eigenvalue weighted by Crippen LogP contribution is 2.32. The van der Waals surface area contributed by atoms with E-state index in [0.29, 0.717) is 11.6 Å². The average molecular weight is 278 g/mol. The van der Waals surface area contributed by atoms with E-state index >= 15 is 0 Å². The number of phenols is 1. The van der Waals surface area contributed by atoms with Gasteiger partial charge in [0.05, 0.1) is 7.11 Å². The summed E-state index contributed by atoms with van der Waals surface area (Å²) in [4.78, 5) is 0. The summed E-state index contributed by atoms with van der Waals surface area (Å²) in [5, 5.41) is 9.44. The van der Waals surface area contributed by atoms with Gasteiger partial charge in [-0.15, -0.1) is 11.6 Å². The van der Waals surface area contributed by atoms with Crippen LogP contribution in [0.15, 0.2) is 22.7 Å². The van der Waals surface area contributed by atoms with E-state index in [1.165, 1.54) is 7.11 Å². The summed E-state index contributed by atoms with van der Waals surface area (Å²) in [5.41, 5.74) is 0.917. The first-order valence-electron chi connectivity index (χ1n) is 3.98. The van der Waals surface area contributed by atoms with Crippen LogP contribution in [0.4, 0.5) is 0 Å². The molecule has 1 aromatic carbocycles. The molecule has 0 aliphatic carbocycles. The molecule has 0 unspecified atom stereocenters. The Bertz CT molecular complexity index is 350. The van der Waals surface area contributed by atoms with Gasteiger partial charge in [0.1, 0.15) is 0 Å². The molecule has 0 fully saturated rings. The van der Waals surface area contributed by atoms with E-state index in [1.807, 2.05) is 12.2 Å². The minimum absolute atomic E-state index is 0.113. The maximum Gasteiger partial charge on any atom is 0.161 e. The molecule has 0 aliphatic heterocycles. The highest BCUT2D eigenvalue weighted by Gasteiger charge is 2.05. The number of aromatic hydroxyl groups is 1. The Hall–Kier alpha value is -0.670. The highest BCUT2D eigenvalue weighted by molar-refractivity contribution is 9.10. The molecule has 0 bridgehead atoms. The van der Waals surface area contributed by atoms with Crippen LogP contribution in [-0.2, 0) is 0 Å². The largest absolute Gasteiger partial charge is 0.504 e. The first kappa shape index (κ1) is 11.4. The Morgan fingerprint density at radius 3 is 2.86 bits per heavy atom. The van der Waals surface area contributed by atoms with Crippen molar-refractivity contribution >= 4 is 33.6 Å². The van der Waals surface area contributed by atoms with Crippen molar-refractivity contribution in [3.05, 3.63) is 28.2 Å². The zero-order valence-electron chi connectivity index (χ0n) is 7.63. The summed E-state index contributed by atoms with van der Waals surface area (Å²) in [6, 6.07) is 3.33. The maximum atomic E-state index is 9.44. The molecule has 0 amide bonds. The standard InChI is InChI=1S/C10H10BrClO2/c1-14-10-5-7(3-2-4-12)8(11)6-9(10)13/h2-3,5-6,13H,4H2,1H3. The van der Waals surface area contributed by atoms with Crippen molar-refractivity contribution in [2.75, 3.05) is 13.0 Å². The van der Waals surface area contributed by atoms with Gasteiger partial charge in [-0.2, -0.15) is 0 Å². The lowest BCUT2D eigenvalue weighted by Crippen LogP contribution is -1.85. The van der Waals surface area contributed by atoms with E-state index in [2.05, 4.69) is 15.9 Å². The maximum absolute atomic E-state index is 9.44. The van der Waals surface area contributed by atoms with E-state index < -0.39 is 0 Å². The number of rotatable bonds is 3.